The number of aryl methyl sites for hydroxylation is 2. The summed E-state index contributed by atoms with van der Waals surface area (Å²) in [4.78, 5) is 4.62. The van der Waals surface area contributed by atoms with Gasteiger partial charge < -0.3 is 15.1 Å². The van der Waals surface area contributed by atoms with E-state index in [1.54, 1.807) is 0 Å². The molecule has 3 nitrogen and oxygen atoms in total. The molecule has 5 heteroatoms. The van der Waals surface area contributed by atoms with E-state index in [0.717, 1.165) is 42.0 Å². The largest absolute Gasteiger partial charge is 0.368 e. The lowest BCUT2D eigenvalue weighted by molar-refractivity contribution is 0.390. The SMILES string of the molecule is Cc1ccccc1NC(=S)N1CCN(c2cc(Cl)ccc2C)CC1. The summed E-state index contributed by atoms with van der Waals surface area (Å²) >= 11 is 11.7. The normalized spacial score (nSPS) is 14.6. The highest BCUT2D eigenvalue weighted by Gasteiger charge is 2.20. The fourth-order valence-electron chi connectivity index (χ4n) is 2.98. The smallest absolute Gasteiger partial charge is 0.173 e. The Kier molecular flexibility index (Phi) is 5.27. The van der Waals surface area contributed by atoms with Gasteiger partial charge in [-0.2, -0.15) is 0 Å². The minimum absolute atomic E-state index is 0.787. The average molecular weight is 360 g/mol. The molecule has 3 rings (SSSR count). The second-order valence-electron chi connectivity index (χ2n) is 6.15. The maximum atomic E-state index is 6.15. The third kappa shape index (κ3) is 3.82. The van der Waals surface area contributed by atoms with E-state index in [4.69, 9.17) is 23.8 Å². The van der Waals surface area contributed by atoms with Crippen molar-refractivity contribution in [3.05, 3.63) is 58.6 Å². The molecule has 0 unspecified atom stereocenters. The lowest BCUT2D eigenvalue weighted by Crippen LogP contribution is -2.50. The number of benzene rings is 2. The van der Waals surface area contributed by atoms with Crippen molar-refractivity contribution in [1.82, 2.24) is 4.90 Å². The Morgan fingerprint density at radius 1 is 1.00 bits per heavy atom. The molecule has 1 aliphatic rings. The van der Waals surface area contributed by atoms with Crippen molar-refractivity contribution in [2.75, 3.05) is 36.4 Å². The topological polar surface area (TPSA) is 18.5 Å². The number of hydrogen-bond donors (Lipinski definition) is 1. The average Bonchev–Trinajstić information content (AvgIpc) is 2.59. The molecule has 0 spiro atoms. The van der Waals surface area contributed by atoms with Crippen LogP contribution < -0.4 is 10.2 Å². The number of para-hydroxylation sites is 1. The quantitative estimate of drug-likeness (QED) is 0.797. The number of nitrogens with one attached hydrogen (secondary N) is 1. The van der Waals surface area contributed by atoms with Crippen molar-refractivity contribution in [2.24, 2.45) is 0 Å². The number of rotatable bonds is 2. The van der Waals surface area contributed by atoms with Crippen LogP contribution in [0.3, 0.4) is 0 Å². The van der Waals surface area contributed by atoms with Gasteiger partial charge in [-0.3, -0.25) is 0 Å². The van der Waals surface area contributed by atoms with Crippen molar-refractivity contribution in [1.29, 1.82) is 0 Å². The molecule has 1 N–H and O–H groups in total. The van der Waals surface area contributed by atoms with Gasteiger partial charge in [0.2, 0.25) is 0 Å². The first-order valence-corrected chi connectivity index (χ1v) is 8.96. The van der Waals surface area contributed by atoms with E-state index in [2.05, 4.69) is 53.2 Å². The molecule has 0 aliphatic carbocycles. The highest BCUT2D eigenvalue weighted by Crippen LogP contribution is 2.25. The van der Waals surface area contributed by atoms with Crippen LogP contribution in [0.5, 0.6) is 0 Å². The Morgan fingerprint density at radius 2 is 1.71 bits per heavy atom. The van der Waals surface area contributed by atoms with Crippen LogP contribution in [0.2, 0.25) is 5.02 Å². The van der Waals surface area contributed by atoms with Gasteiger partial charge in [-0.25, -0.2) is 0 Å². The number of hydrogen-bond acceptors (Lipinski definition) is 2. The Morgan fingerprint density at radius 3 is 2.42 bits per heavy atom. The Hall–Kier alpha value is -1.78. The van der Waals surface area contributed by atoms with E-state index in [0.29, 0.717) is 0 Å². The molecule has 2 aromatic rings. The molecular weight excluding hydrogens is 338 g/mol. The molecule has 1 heterocycles. The lowest BCUT2D eigenvalue weighted by atomic mass is 10.1. The summed E-state index contributed by atoms with van der Waals surface area (Å²) in [5, 5.41) is 4.96. The molecule has 2 aromatic carbocycles. The molecule has 0 saturated carbocycles. The third-order valence-corrected chi connectivity index (χ3v) is 5.06. The molecule has 126 valence electrons. The van der Waals surface area contributed by atoms with Crippen molar-refractivity contribution in [3.8, 4) is 0 Å². The van der Waals surface area contributed by atoms with Crippen LogP contribution in [-0.2, 0) is 0 Å². The first-order chi connectivity index (χ1) is 11.5. The van der Waals surface area contributed by atoms with Gasteiger partial charge in [0, 0.05) is 42.6 Å². The zero-order valence-electron chi connectivity index (χ0n) is 14.1. The summed E-state index contributed by atoms with van der Waals surface area (Å²) in [5.74, 6) is 0. The molecule has 1 fully saturated rings. The monoisotopic (exact) mass is 359 g/mol. The van der Waals surface area contributed by atoms with Gasteiger partial charge in [0.15, 0.2) is 5.11 Å². The number of piperazine rings is 1. The van der Waals surface area contributed by atoms with E-state index in [1.165, 1.54) is 16.8 Å². The van der Waals surface area contributed by atoms with Crippen LogP contribution in [0, 0.1) is 13.8 Å². The molecule has 1 aliphatic heterocycles. The van der Waals surface area contributed by atoms with Crippen molar-refractivity contribution < 1.29 is 0 Å². The summed E-state index contributed by atoms with van der Waals surface area (Å²) < 4.78 is 0. The second-order valence-corrected chi connectivity index (χ2v) is 6.97. The van der Waals surface area contributed by atoms with Gasteiger partial charge in [0.05, 0.1) is 0 Å². The fraction of sp³-hybridized carbons (Fsp3) is 0.316. The molecule has 0 amide bonds. The summed E-state index contributed by atoms with van der Waals surface area (Å²) in [6, 6.07) is 14.3. The van der Waals surface area contributed by atoms with Crippen LogP contribution in [-0.4, -0.2) is 36.2 Å². The molecule has 0 radical (unpaired) electrons. The van der Waals surface area contributed by atoms with Crippen LogP contribution >= 0.6 is 23.8 Å². The molecule has 1 saturated heterocycles. The maximum Gasteiger partial charge on any atom is 0.173 e. The number of nitrogens with zero attached hydrogens (tertiary/aromatic N) is 2. The second kappa shape index (κ2) is 7.41. The standard InChI is InChI=1S/C19H22ClN3S/c1-14-5-3-4-6-17(14)21-19(24)23-11-9-22(10-12-23)18-13-16(20)8-7-15(18)2/h3-8,13H,9-12H2,1-2H3,(H,21,24). The fourth-order valence-corrected chi connectivity index (χ4v) is 3.44. The number of anilines is 2. The summed E-state index contributed by atoms with van der Waals surface area (Å²) in [5.41, 5.74) is 4.76. The van der Waals surface area contributed by atoms with E-state index >= 15 is 0 Å². The summed E-state index contributed by atoms with van der Waals surface area (Å²) in [7, 11) is 0. The maximum absolute atomic E-state index is 6.15. The van der Waals surface area contributed by atoms with E-state index in [9.17, 15) is 0 Å². The van der Waals surface area contributed by atoms with Crippen LogP contribution in [0.15, 0.2) is 42.5 Å². The third-order valence-electron chi connectivity index (χ3n) is 4.47. The molecule has 0 atom stereocenters. The van der Waals surface area contributed by atoms with Gasteiger partial charge in [-0.15, -0.1) is 0 Å². The minimum atomic E-state index is 0.787. The highest BCUT2D eigenvalue weighted by molar-refractivity contribution is 7.80. The van der Waals surface area contributed by atoms with Gasteiger partial charge in [0.1, 0.15) is 0 Å². The van der Waals surface area contributed by atoms with E-state index in [1.807, 2.05) is 18.2 Å². The zero-order chi connectivity index (χ0) is 17.1. The Balaban J connectivity index is 1.61. The Bertz CT molecular complexity index is 739. The van der Waals surface area contributed by atoms with E-state index < -0.39 is 0 Å². The van der Waals surface area contributed by atoms with E-state index in [-0.39, 0.29) is 0 Å². The lowest BCUT2D eigenvalue weighted by Gasteiger charge is -2.38. The van der Waals surface area contributed by atoms with Crippen LogP contribution in [0.4, 0.5) is 11.4 Å². The highest BCUT2D eigenvalue weighted by atomic mass is 35.5. The van der Waals surface area contributed by atoms with Gasteiger partial charge in [-0.05, 0) is 55.4 Å². The molecule has 24 heavy (non-hydrogen) atoms. The zero-order valence-corrected chi connectivity index (χ0v) is 15.6. The molecule has 0 bridgehead atoms. The molecule has 0 aromatic heterocycles. The van der Waals surface area contributed by atoms with Crippen molar-refractivity contribution in [3.63, 3.8) is 0 Å². The first-order valence-electron chi connectivity index (χ1n) is 8.17. The van der Waals surface area contributed by atoms with Crippen molar-refractivity contribution >= 4 is 40.3 Å². The number of thiocarbonyl (C=S) groups is 1. The molecular formula is C19H22ClN3S. The number of halogens is 1. The summed E-state index contributed by atoms with van der Waals surface area (Å²) in [6.07, 6.45) is 0. The van der Waals surface area contributed by atoms with Gasteiger partial charge in [-0.1, -0.05) is 35.9 Å². The first kappa shape index (κ1) is 17.1. The van der Waals surface area contributed by atoms with Crippen molar-refractivity contribution in [2.45, 2.75) is 13.8 Å². The predicted octanol–water partition coefficient (Wildman–Crippen LogP) is 4.48. The van der Waals surface area contributed by atoms with Gasteiger partial charge >= 0.3 is 0 Å². The Labute approximate surface area is 154 Å². The summed E-state index contributed by atoms with van der Waals surface area (Å²) in [6.45, 7) is 7.91. The minimum Gasteiger partial charge on any atom is -0.368 e. The van der Waals surface area contributed by atoms with Crippen LogP contribution in [0.25, 0.3) is 0 Å². The van der Waals surface area contributed by atoms with Gasteiger partial charge in [0.25, 0.3) is 0 Å². The van der Waals surface area contributed by atoms with Crippen LogP contribution in [0.1, 0.15) is 11.1 Å². The predicted molar refractivity (Wildman–Crippen MR) is 107 cm³/mol.